The fraction of sp³-hybridized carbons (Fsp3) is 0.588. The smallest absolute Gasteiger partial charge is 0.337 e. The van der Waals surface area contributed by atoms with E-state index in [2.05, 4.69) is 31.8 Å². The molecule has 0 amide bonds. The summed E-state index contributed by atoms with van der Waals surface area (Å²) in [5.74, 6) is -0.765. The lowest BCUT2D eigenvalue weighted by molar-refractivity contribution is -0.176. The lowest BCUT2D eigenvalue weighted by atomic mass is 10.1. The van der Waals surface area contributed by atoms with Gasteiger partial charge in [0.15, 0.2) is 5.22 Å². The second-order valence-electron chi connectivity index (χ2n) is 7.35. The van der Waals surface area contributed by atoms with Crippen LogP contribution in [0.15, 0.2) is 30.3 Å². The molecule has 0 radical (unpaired) electrons. The maximum atomic E-state index is 12.8. The summed E-state index contributed by atoms with van der Waals surface area (Å²) in [6.07, 6.45) is 4.49. The highest BCUT2D eigenvalue weighted by Gasteiger charge is 2.64. The van der Waals surface area contributed by atoms with Crippen molar-refractivity contribution >= 4 is 14.0 Å². The zero-order valence-electron chi connectivity index (χ0n) is 13.1. The maximum Gasteiger partial charge on any atom is 0.337 e. The van der Waals surface area contributed by atoms with Crippen LogP contribution in [0, 0.1) is 0 Å². The third-order valence-corrected chi connectivity index (χ3v) is 7.75. The molecule has 3 rings (SSSR count). The Kier molecular flexibility index (Phi) is 3.49. The topological polar surface area (TPSA) is 35.5 Å². The number of esters is 1. The van der Waals surface area contributed by atoms with Crippen molar-refractivity contribution < 1.29 is 14.3 Å². The number of hydrogen-bond acceptors (Lipinski definition) is 3. The Bertz CT molecular complexity index is 529. The summed E-state index contributed by atoms with van der Waals surface area (Å²) in [5.41, 5.74) is 1.15. The molecule has 1 saturated carbocycles. The molecule has 1 spiro atoms. The second-order valence-corrected chi connectivity index (χ2v) is 12.7. The largest absolute Gasteiger partial charge is 0.431 e. The van der Waals surface area contributed by atoms with Crippen LogP contribution in [0.2, 0.25) is 19.6 Å². The number of ether oxygens (including phenoxy) is 2. The highest BCUT2D eigenvalue weighted by Crippen LogP contribution is 2.48. The maximum absolute atomic E-state index is 12.8. The molecule has 114 valence electrons. The average molecular weight is 304 g/mol. The normalized spacial score (nSPS) is 28.0. The Labute approximate surface area is 127 Å². The molecule has 21 heavy (non-hydrogen) atoms. The van der Waals surface area contributed by atoms with Crippen molar-refractivity contribution in [2.75, 3.05) is 0 Å². The van der Waals surface area contributed by atoms with Crippen molar-refractivity contribution in [3.05, 3.63) is 35.9 Å². The zero-order valence-corrected chi connectivity index (χ0v) is 14.1. The van der Waals surface area contributed by atoms with E-state index >= 15 is 0 Å². The van der Waals surface area contributed by atoms with Gasteiger partial charge in [-0.25, -0.2) is 4.79 Å². The minimum atomic E-state index is -1.91. The summed E-state index contributed by atoms with van der Waals surface area (Å²) in [7, 11) is -1.91. The molecular formula is C17H24O3Si. The first kappa shape index (κ1) is 14.8. The number of benzene rings is 1. The zero-order chi connectivity index (χ0) is 15.1. The lowest BCUT2D eigenvalue weighted by Crippen LogP contribution is -2.59. The molecule has 1 aromatic rings. The van der Waals surface area contributed by atoms with Crippen LogP contribution in [0.25, 0.3) is 0 Å². The van der Waals surface area contributed by atoms with Gasteiger partial charge in [0.25, 0.3) is 0 Å². The van der Waals surface area contributed by atoms with E-state index < -0.39 is 19.1 Å². The third kappa shape index (κ3) is 2.44. The average Bonchev–Trinajstić information content (AvgIpc) is 2.96. The van der Waals surface area contributed by atoms with Crippen molar-refractivity contribution in [3.8, 4) is 0 Å². The number of rotatable bonds is 3. The van der Waals surface area contributed by atoms with Gasteiger partial charge in [0.1, 0.15) is 0 Å². The molecule has 0 N–H and O–H groups in total. The molecule has 1 heterocycles. The van der Waals surface area contributed by atoms with Gasteiger partial charge in [-0.05, 0) is 18.4 Å². The van der Waals surface area contributed by atoms with Gasteiger partial charge in [0.2, 0.25) is 5.79 Å². The van der Waals surface area contributed by atoms with Crippen molar-refractivity contribution in [1.82, 2.24) is 0 Å². The molecule has 1 aliphatic carbocycles. The summed E-state index contributed by atoms with van der Waals surface area (Å²) in [6, 6.07) is 10.2. The summed E-state index contributed by atoms with van der Waals surface area (Å²) in [5, 5.41) is -0.751. The van der Waals surface area contributed by atoms with Crippen LogP contribution in [0.5, 0.6) is 0 Å². The van der Waals surface area contributed by atoms with Crippen molar-refractivity contribution in [2.24, 2.45) is 0 Å². The summed E-state index contributed by atoms with van der Waals surface area (Å²) < 4.78 is 12.3. The molecule has 1 aliphatic heterocycles. The molecule has 0 aromatic heterocycles. The third-order valence-electron chi connectivity index (χ3n) is 4.84. The SMILES string of the molecule is C[Si](C)(C)C1(Cc2ccccc2)OC2(CCCC2)OC1=O. The Hall–Kier alpha value is -1.13. The van der Waals surface area contributed by atoms with E-state index in [0.29, 0.717) is 6.42 Å². The first-order valence-electron chi connectivity index (χ1n) is 7.85. The van der Waals surface area contributed by atoms with Crippen molar-refractivity contribution in [2.45, 2.75) is 62.8 Å². The second kappa shape index (κ2) is 4.95. The van der Waals surface area contributed by atoms with Crippen molar-refractivity contribution in [3.63, 3.8) is 0 Å². The van der Waals surface area contributed by atoms with Crippen LogP contribution in [0.1, 0.15) is 31.2 Å². The Morgan fingerprint density at radius 1 is 1.10 bits per heavy atom. The fourth-order valence-corrected chi connectivity index (χ4v) is 5.36. The number of carbonyl (C=O) groups excluding carboxylic acids is 1. The van der Waals surface area contributed by atoms with E-state index in [-0.39, 0.29) is 5.97 Å². The molecule has 0 bridgehead atoms. The minimum absolute atomic E-state index is 0.132. The van der Waals surface area contributed by atoms with Crippen LogP contribution in [-0.2, 0) is 20.7 Å². The molecule has 1 atom stereocenters. The Morgan fingerprint density at radius 2 is 1.71 bits per heavy atom. The molecule has 2 fully saturated rings. The molecule has 1 aromatic carbocycles. The number of hydrogen-bond donors (Lipinski definition) is 0. The van der Waals surface area contributed by atoms with Gasteiger partial charge in [0.05, 0.1) is 8.07 Å². The first-order valence-corrected chi connectivity index (χ1v) is 11.3. The monoisotopic (exact) mass is 304 g/mol. The van der Waals surface area contributed by atoms with E-state index in [1.165, 1.54) is 0 Å². The predicted molar refractivity (Wildman–Crippen MR) is 84.6 cm³/mol. The van der Waals surface area contributed by atoms with Gasteiger partial charge < -0.3 is 9.47 Å². The van der Waals surface area contributed by atoms with Gasteiger partial charge in [-0.15, -0.1) is 0 Å². The predicted octanol–water partition coefficient (Wildman–Crippen LogP) is 3.69. The summed E-state index contributed by atoms with van der Waals surface area (Å²) in [4.78, 5) is 12.8. The van der Waals surface area contributed by atoms with Gasteiger partial charge in [-0.2, -0.15) is 0 Å². The molecule has 3 nitrogen and oxygen atoms in total. The van der Waals surface area contributed by atoms with Gasteiger partial charge in [-0.1, -0.05) is 50.0 Å². The van der Waals surface area contributed by atoms with E-state index in [4.69, 9.17) is 9.47 Å². The van der Waals surface area contributed by atoms with Gasteiger partial charge in [-0.3, -0.25) is 0 Å². The van der Waals surface area contributed by atoms with Crippen LogP contribution in [-0.4, -0.2) is 25.1 Å². The van der Waals surface area contributed by atoms with Crippen LogP contribution >= 0.6 is 0 Å². The first-order chi connectivity index (χ1) is 9.87. The van der Waals surface area contributed by atoms with E-state index in [9.17, 15) is 4.79 Å². The Balaban J connectivity index is 1.97. The van der Waals surface area contributed by atoms with Gasteiger partial charge in [0, 0.05) is 19.3 Å². The van der Waals surface area contributed by atoms with Crippen LogP contribution in [0.4, 0.5) is 0 Å². The molecule has 2 aliphatic rings. The molecule has 1 saturated heterocycles. The standard InChI is InChI=1S/C17H24O3Si/c1-21(2,3)17(13-14-9-5-4-6-10-14)15(18)19-16(20-17)11-7-8-12-16/h4-6,9-10H,7-8,11-13H2,1-3H3. The summed E-state index contributed by atoms with van der Waals surface area (Å²) in [6.45, 7) is 6.60. The van der Waals surface area contributed by atoms with E-state index in [0.717, 1.165) is 31.2 Å². The van der Waals surface area contributed by atoms with Gasteiger partial charge >= 0.3 is 5.97 Å². The number of carbonyl (C=O) groups is 1. The molecule has 1 unspecified atom stereocenters. The Morgan fingerprint density at radius 3 is 2.29 bits per heavy atom. The van der Waals surface area contributed by atoms with Crippen LogP contribution in [0.3, 0.4) is 0 Å². The highest BCUT2D eigenvalue weighted by atomic mass is 28.3. The lowest BCUT2D eigenvalue weighted by Gasteiger charge is -2.37. The summed E-state index contributed by atoms with van der Waals surface area (Å²) >= 11 is 0. The quantitative estimate of drug-likeness (QED) is 0.631. The van der Waals surface area contributed by atoms with E-state index in [1.807, 2.05) is 18.2 Å². The minimum Gasteiger partial charge on any atom is -0.431 e. The van der Waals surface area contributed by atoms with E-state index in [1.54, 1.807) is 0 Å². The molecular weight excluding hydrogens is 280 g/mol. The van der Waals surface area contributed by atoms with Crippen LogP contribution < -0.4 is 0 Å². The highest BCUT2D eigenvalue weighted by molar-refractivity contribution is 6.82. The fourth-order valence-electron chi connectivity index (χ4n) is 3.47. The van der Waals surface area contributed by atoms with Crippen molar-refractivity contribution in [1.29, 1.82) is 0 Å². The molecule has 4 heteroatoms.